The van der Waals surface area contributed by atoms with Crippen LogP contribution in [0.5, 0.6) is 0 Å². The quantitative estimate of drug-likeness (QED) is 0.0203. The highest BCUT2D eigenvalue weighted by Crippen LogP contribution is 2.31. The molecule has 19 heteroatoms. The molecule has 8 rings (SSSR count). The summed E-state index contributed by atoms with van der Waals surface area (Å²) in [5.74, 6) is 0.612. The molecule has 4 amide bonds. The summed E-state index contributed by atoms with van der Waals surface area (Å²) in [6.45, 7) is 23.1. The number of carbonyl (C=O) groups is 5. The van der Waals surface area contributed by atoms with Crippen LogP contribution < -0.4 is 10.6 Å². The van der Waals surface area contributed by atoms with Crippen molar-refractivity contribution in [2.75, 3.05) is 37.9 Å². The van der Waals surface area contributed by atoms with E-state index in [4.69, 9.17) is 14.2 Å². The third-order valence-electron chi connectivity index (χ3n) is 12.2. The lowest BCUT2D eigenvalue weighted by molar-refractivity contribution is -0.143. The SMILES string of the molecule is C=C(C)c1cccc(C(C)(C)NC(=O)OCCSc2nc3ccccc3s2)c1.C=C(C)c1cccc(C(C)(C)NC(=O)OCCc2scnc2C)c1.O=C(CCCCCN1C(=O)C=CC1=O)OCCSc1nc2ccccc2s1. The molecule has 0 aliphatic carbocycles. The molecule has 416 valence electrons. The standard InChI is InChI=1S/C22H24N2O2S2.C19H20N2O4S2.C19H24N2O2S/c1-15(2)16-8-7-9-17(14-16)22(3,4)24-20(25)26-12-13-27-21-23-18-10-5-6-11-19(18)28-21;22-16-9-10-17(23)21(16)11-5-1-2-8-18(24)25-12-13-26-19-20-14-6-3-4-7-15(14)27-19;1-13(2)15-7-6-8-16(11-15)19(4,5)21-18(22)23-10-9-17-14(3)20-12-24-17/h5-11,14H,1,12-13H2,2-4H3,(H,24,25);3-4,6-7,9-10H,1-2,5,8,11-13H2;6-8,11-12H,1,9-10H2,2-5H3,(H,21,22). The molecule has 0 saturated heterocycles. The Kier molecular flexibility index (Phi) is 23.4. The van der Waals surface area contributed by atoms with Crippen molar-refractivity contribution in [3.63, 3.8) is 0 Å². The predicted octanol–water partition coefficient (Wildman–Crippen LogP) is 14.2. The second kappa shape index (κ2) is 30.1. The number of aromatic nitrogens is 3. The number of thiazole rings is 3. The summed E-state index contributed by atoms with van der Waals surface area (Å²) in [6.07, 6.45) is 4.93. The van der Waals surface area contributed by atoms with Crippen LogP contribution in [0.15, 0.2) is 137 Å². The van der Waals surface area contributed by atoms with E-state index in [-0.39, 0.29) is 17.8 Å². The smallest absolute Gasteiger partial charge is 0.407 e. The highest BCUT2D eigenvalue weighted by molar-refractivity contribution is 8.01. The van der Waals surface area contributed by atoms with Crippen molar-refractivity contribution in [1.82, 2.24) is 30.5 Å². The fourth-order valence-electron chi connectivity index (χ4n) is 7.69. The molecule has 0 saturated carbocycles. The zero-order valence-corrected chi connectivity index (χ0v) is 49.8. The number of thioether (sulfide) groups is 2. The van der Waals surface area contributed by atoms with Gasteiger partial charge in [0.15, 0.2) is 8.68 Å². The number of allylic oxidation sites excluding steroid dienone is 2. The van der Waals surface area contributed by atoms with Crippen molar-refractivity contribution in [1.29, 1.82) is 0 Å². The van der Waals surface area contributed by atoms with E-state index in [9.17, 15) is 24.0 Å². The largest absolute Gasteiger partial charge is 0.465 e. The number of para-hydroxylation sites is 2. The topological polar surface area (TPSA) is 179 Å². The average Bonchev–Trinajstić information content (AvgIpc) is 4.23. The second-order valence-corrected chi connectivity index (χ2v) is 25.1. The number of alkyl carbamates (subject to hydrolysis) is 2. The number of ether oxygens (including phenoxy) is 3. The third kappa shape index (κ3) is 19.6. The van der Waals surface area contributed by atoms with E-state index < -0.39 is 23.3 Å². The molecule has 0 bridgehead atoms. The van der Waals surface area contributed by atoms with Gasteiger partial charge in [-0.1, -0.05) is 115 Å². The van der Waals surface area contributed by atoms with Gasteiger partial charge >= 0.3 is 18.2 Å². The Morgan fingerprint density at radius 3 is 1.62 bits per heavy atom. The lowest BCUT2D eigenvalue weighted by Gasteiger charge is -2.27. The number of benzene rings is 4. The Bertz CT molecular complexity index is 3190. The number of amides is 4. The molecule has 1 aliphatic heterocycles. The number of rotatable bonds is 23. The van der Waals surface area contributed by atoms with Gasteiger partial charge in [0.2, 0.25) is 0 Å². The lowest BCUT2D eigenvalue weighted by Crippen LogP contribution is -2.41. The van der Waals surface area contributed by atoms with Crippen LogP contribution in [0.4, 0.5) is 9.59 Å². The van der Waals surface area contributed by atoms with Crippen LogP contribution in [0.25, 0.3) is 31.6 Å². The summed E-state index contributed by atoms with van der Waals surface area (Å²) < 4.78 is 20.2. The second-order valence-electron chi connectivity index (χ2n) is 19.4. The molecule has 3 aromatic heterocycles. The average molecular weight is 1160 g/mol. The maximum absolute atomic E-state index is 12.2. The molecule has 0 unspecified atom stereocenters. The molecule has 1 aliphatic rings. The van der Waals surface area contributed by atoms with Gasteiger partial charge in [-0.3, -0.25) is 19.3 Å². The highest BCUT2D eigenvalue weighted by Gasteiger charge is 2.26. The van der Waals surface area contributed by atoms with Gasteiger partial charge in [0.25, 0.3) is 11.8 Å². The molecule has 7 aromatic rings. The fourth-order valence-corrected chi connectivity index (χ4v) is 12.4. The normalized spacial score (nSPS) is 12.1. The monoisotopic (exact) mass is 1160 g/mol. The number of carbonyl (C=O) groups excluding carboxylic acids is 5. The van der Waals surface area contributed by atoms with Crippen LogP contribution in [0.2, 0.25) is 0 Å². The van der Waals surface area contributed by atoms with E-state index in [0.29, 0.717) is 63.6 Å². The Labute approximate surface area is 483 Å². The predicted molar refractivity (Wildman–Crippen MR) is 324 cm³/mol. The minimum Gasteiger partial charge on any atom is -0.465 e. The zero-order valence-electron chi connectivity index (χ0n) is 45.8. The van der Waals surface area contributed by atoms with E-state index in [1.165, 1.54) is 21.8 Å². The number of unbranched alkanes of at least 4 members (excludes halogenated alkanes) is 2. The van der Waals surface area contributed by atoms with Gasteiger partial charge < -0.3 is 24.8 Å². The first-order valence-corrected chi connectivity index (χ1v) is 30.2. The van der Waals surface area contributed by atoms with Gasteiger partial charge in [-0.15, -0.1) is 34.0 Å². The van der Waals surface area contributed by atoms with Gasteiger partial charge in [0.05, 0.1) is 49.3 Å². The maximum atomic E-state index is 12.2. The lowest BCUT2D eigenvalue weighted by atomic mass is 9.92. The van der Waals surface area contributed by atoms with Crippen LogP contribution in [0.1, 0.15) is 100 Å². The summed E-state index contributed by atoms with van der Waals surface area (Å²) in [6, 6.07) is 32.1. The molecule has 14 nitrogen and oxygen atoms in total. The minimum atomic E-state index is -0.539. The van der Waals surface area contributed by atoms with Crippen molar-refractivity contribution in [3.05, 3.63) is 161 Å². The molecule has 79 heavy (non-hydrogen) atoms. The fraction of sp³-hybridized carbons (Fsp3) is 0.333. The summed E-state index contributed by atoms with van der Waals surface area (Å²) in [7, 11) is 0. The van der Waals surface area contributed by atoms with Crippen LogP contribution in [0.3, 0.4) is 0 Å². The molecule has 4 aromatic carbocycles. The van der Waals surface area contributed by atoms with Crippen molar-refractivity contribution in [2.45, 2.75) is 100 Å². The molecule has 2 N–H and O–H groups in total. The van der Waals surface area contributed by atoms with E-state index in [1.807, 2.05) is 145 Å². The highest BCUT2D eigenvalue weighted by atomic mass is 32.2. The van der Waals surface area contributed by atoms with Crippen LogP contribution in [-0.4, -0.2) is 87.7 Å². The van der Waals surface area contributed by atoms with Crippen molar-refractivity contribution < 1.29 is 38.2 Å². The van der Waals surface area contributed by atoms with Crippen LogP contribution in [-0.2, 0) is 46.1 Å². The number of fused-ring (bicyclic) bond motifs is 2. The molecule has 4 heterocycles. The summed E-state index contributed by atoms with van der Waals surface area (Å²) >= 11 is 8.07. The molecular weight excluding hydrogens is 1090 g/mol. The van der Waals surface area contributed by atoms with Gasteiger partial charge in [-0.2, -0.15) is 0 Å². The van der Waals surface area contributed by atoms with Crippen LogP contribution >= 0.6 is 57.5 Å². The summed E-state index contributed by atoms with van der Waals surface area (Å²) in [5.41, 5.74) is 9.89. The molecule has 0 atom stereocenters. The number of nitrogens with zero attached hydrogens (tertiary/aromatic N) is 4. The number of hydrogen-bond donors (Lipinski definition) is 2. The number of imide groups is 1. The van der Waals surface area contributed by atoms with Crippen molar-refractivity contribution in [3.8, 4) is 0 Å². The van der Waals surface area contributed by atoms with E-state index in [1.54, 1.807) is 57.5 Å². The molecule has 0 fully saturated rings. The minimum absolute atomic E-state index is 0.213. The van der Waals surface area contributed by atoms with E-state index >= 15 is 0 Å². The Morgan fingerprint density at radius 1 is 0.646 bits per heavy atom. The van der Waals surface area contributed by atoms with Crippen molar-refractivity contribution >= 4 is 119 Å². The summed E-state index contributed by atoms with van der Waals surface area (Å²) in [4.78, 5) is 74.5. The Balaban J connectivity index is 0.000000192. The van der Waals surface area contributed by atoms with E-state index in [0.717, 1.165) is 74.8 Å². The molecule has 0 spiro atoms. The number of aryl methyl sites for hydroxylation is 1. The number of nitrogens with one attached hydrogen (secondary N) is 2. The summed E-state index contributed by atoms with van der Waals surface area (Å²) in [5, 5.41) is 5.88. The zero-order chi connectivity index (χ0) is 57.0. The third-order valence-corrected chi connectivity index (χ3v) is 17.5. The van der Waals surface area contributed by atoms with E-state index in [2.05, 4.69) is 44.8 Å². The molecule has 0 radical (unpaired) electrons. The Morgan fingerprint density at radius 2 is 1.14 bits per heavy atom. The molecular formula is C60H68N6O8S5. The first-order valence-electron chi connectivity index (χ1n) is 25.8. The van der Waals surface area contributed by atoms with Gasteiger partial charge in [0, 0.05) is 47.9 Å². The van der Waals surface area contributed by atoms with Crippen molar-refractivity contribution in [2.24, 2.45) is 0 Å². The number of hydrogen-bond acceptors (Lipinski definition) is 16. The van der Waals surface area contributed by atoms with Gasteiger partial charge in [0.1, 0.15) is 13.2 Å². The first kappa shape index (κ1) is 61.6. The Hall–Kier alpha value is -6.64. The van der Waals surface area contributed by atoms with Gasteiger partial charge in [-0.25, -0.2) is 24.5 Å². The van der Waals surface area contributed by atoms with Gasteiger partial charge in [-0.05, 0) is 120 Å². The van der Waals surface area contributed by atoms with Crippen LogP contribution in [0, 0.1) is 6.92 Å². The maximum Gasteiger partial charge on any atom is 0.407 e. The number of esters is 1. The first-order chi connectivity index (χ1) is 37.8.